The van der Waals surface area contributed by atoms with Crippen LogP contribution in [0.15, 0.2) is 12.3 Å². The van der Waals surface area contributed by atoms with Crippen molar-refractivity contribution in [3.63, 3.8) is 0 Å². The summed E-state index contributed by atoms with van der Waals surface area (Å²) in [6, 6.07) is -0.316. The Morgan fingerprint density at radius 2 is 1.10 bits per heavy atom. The van der Waals surface area contributed by atoms with Crippen LogP contribution < -0.4 is 0 Å². The Kier molecular flexibility index (Phi) is 16.4. The summed E-state index contributed by atoms with van der Waals surface area (Å²) < 4.78 is 31.0. The fraction of sp³-hybridized carbons (Fsp3) is 0.829. The maximum absolute atomic E-state index is 13.7. The third-order valence-electron chi connectivity index (χ3n) is 9.14. The number of esters is 4. The molecule has 0 unspecified atom stereocenters. The third-order valence-corrected chi connectivity index (χ3v) is 9.14. The Morgan fingerprint density at radius 1 is 0.654 bits per heavy atom. The lowest BCUT2D eigenvalue weighted by Crippen LogP contribution is -2.67. The van der Waals surface area contributed by atoms with E-state index in [9.17, 15) is 24.0 Å². The minimum Gasteiger partial charge on any atom is -0.462 e. The van der Waals surface area contributed by atoms with E-state index in [-0.39, 0.29) is 24.9 Å². The molecule has 2 rings (SSSR count). The molecule has 11 nitrogen and oxygen atoms in total. The second-order valence-corrected chi connectivity index (χ2v) is 18.6. The SMILES string of the molecule is CCCCCCCCCC[C@H]1CC(=O)C=CN1[C@@H]1O[C@H](COC(=O)C(C)(C)C)[C@H](OC(=O)C(C)(C)C)[C@H](OC(=O)C(C)(C)C)[C@H]1OC(=O)C(C)(C)C. The summed E-state index contributed by atoms with van der Waals surface area (Å²) in [6.45, 7) is 22.3. The van der Waals surface area contributed by atoms with Crippen molar-refractivity contribution in [2.75, 3.05) is 6.61 Å². The second-order valence-electron chi connectivity index (χ2n) is 18.6. The van der Waals surface area contributed by atoms with Gasteiger partial charge in [0, 0.05) is 18.7 Å². The highest BCUT2D eigenvalue weighted by Crippen LogP contribution is 2.37. The lowest BCUT2D eigenvalue weighted by Gasteiger charge is -2.50. The van der Waals surface area contributed by atoms with Crippen LogP contribution >= 0.6 is 0 Å². The molecule has 298 valence electrons. The van der Waals surface area contributed by atoms with Gasteiger partial charge in [0.1, 0.15) is 12.7 Å². The van der Waals surface area contributed by atoms with Crippen LogP contribution in [-0.2, 0) is 47.7 Å². The fourth-order valence-electron chi connectivity index (χ4n) is 5.70. The van der Waals surface area contributed by atoms with E-state index < -0.39 is 76.2 Å². The first-order valence-electron chi connectivity index (χ1n) is 19.3. The van der Waals surface area contributed by atoms with E-state index in [0.29, 0.717) is 6.42 Å². The smallest absolute Gasteiger partial charge is 0.311 e. The van der Waals surface area contributed by atoms with E-state index in [1.54, 1.807) is 89.3 Å². The topological polar surface area (TPSA) is 135 Å². The molecule has 2 aliphatic rings. The number of allylic oxidation sites excluding steroid dienone is 1. The first-order chi connectivity index (χ1) is 23.9. The van der Waals surface area contributed by atoms with Crippen LogP contribution in [0, 0.1) is 21.7 Å². The second kappa shape index (κ2) is 18.9. The van der Waals surface area contributed by atoms with E-state index >= 15 is 0 Å². The van der Waals surface area contributed by atoms with Crippen molar-refractivity contribution >= 4 is 29.7 Å². The molecular formula is C41H69NO10. The van der Waals surface area contributed by atoms with E-state index in [1.165, 1.54) is 31.8 Å². The molecule has 52 heavy (non-hydrogen) atoms. The summed E-state index contributed by atoms with van der Waals surface area (Å²) in [5.74, 6) is -2.35. The number of unbranched alkanes of at least 4 members (excludes halogenated alkanes) is 7. The van der Waals surface area contributed by atoms with Crippen LogP contribution in [0.3, 0.4) is 0 Å². The van der Waals surface area contributed by atoms with Gasteiger partial charge in [-0.3, -0.25) is 24.0 Å². The average molecular weight is 736 g/mol. The summed E-state index contributed by atoms with van der Waals surface area (Å²) >= 11 is 0. The van der Waals surface area contributed by atoms with Gasteiger partial charge in [0.25, 0.3) is 0 Å². The predicted octanol–water partition coefficient (Wildman–Crippen LogP) is 7.86. The van der Waals surface area contributed by atoms with E-state index in [1.807, 2.05) is 4.90 Å². The molecule has 0 N–H and O–H groups in total. The number of hydrogen-bond acceptors (Lipinski definition) is 11. The van der Waals surface area contributed by atoms with Crippen LogP contribution in [0.1, 0.15) is 154 Å². The molecule has 1 saturated heterocycles. The number of ketones is 1. The quantitative estimate of drug-likeness (QED) is 0.0924. The van der Waals surface area contributed by atoms with Gasteiger partial charge in [-0.2, -0.15) is 0 Å². The molecule has 0 aromatic carbocycles. The molecule has 0 radical (unpaired) electrons. The Balaban J connectivity index is 2.67. The molecule has 1 fully saturated rings. The van der Waals surface area contributed by atoms with Gasteiger partial charge >= 0.3 is 23.9 Å². The van der Waals surface area contributed by atoms with E-state index in [2.05, 4.69) is 6.92 Å². The molecular weight excluding hydrogens is 666 g/mol. The van der Waals surface area contributed by atoms with Crippen LogP contribution in [0.2, 0.25) is 0 Å². The monoisotopic (exact) mass is 735 g/mol. The molecule has 0 saturated carbocycles. The Bertz CT molecular complexity index is 1250. The summed E-state index contributed by atoms with van der Waals surface area (Å²) in [5, 5.41) is 0. The summed E-state index contributed by atoms with van der Waals surface area (Å²) in [5.41, 5.74) is -3.73. The van der Waals surface area contributed by atoms with Crippen molar-refractivity contribution in [1.82, 2.24) is 4.90 Å². The van der Waals surface area contributed by atoms with Gasteiger partial charge in [-0.1, -0.05) is 58.3 Å². The molecule has 6 atom stereocenters. The van der Waals surface area contributed by atoms with Crippen molar-refractivity contribution in [1.29, 1.82) is 0 Å². The number of rotatable bonds is 15. The van der Waals surface area contributed by atoms with Gasteiger partial charge in [-0.25, -0.2) is 0 Å². The molecule has 0 spiro atoms. The molecule has 0 aromatic rings. The van der Waals surface area contributed by atoms with Crippen LogP contribution in [0.25, 0.3) is 0 Å². The first kappa shape index (κ1) is 45.2. The Morgan fingerprint density at radius 3 is 1.58 bits per heavy atom. The fourth-order valence-corrected chi connectivity index (χ4v) is 5.70. The highest BCUT2D eigenvalue weighted by molar-refractivity contribution is 5.90. The summed E-state index contributed by atoms with van der Waals surface area (Å²) in [7, 11) is 0. The number of ether oxygens (including phenoxy) is 5. The maximum atomic E-state index is 13.7. The Labute approximate surface area is 313 Å². The van der Waals surface area contributed by atoms with Crippen LogP contribution in [-0.4, -0.2) is 77.9 Å². The average Bonchev–Trinajstić information content (AvgIpc) is 3.01. The number of nitrogens with zero attached hydrogens (tertiary/aromatic N) is 1. The maximum Gasteiger partial charge on any atom is 0.311 e. The highest BCUT2D eigenvalue weighted by Gasteiger charge is 2.56. The van der Waals surface area contributed by atoms with Gasteiger partial charge in [0.05, 0.1) is 21.7 Å². The van der Waals surface area contributed by atoms with E-state index in [4.69, 9.17) is 23.7 Å². The lowest BCUT2D eigenvalue weighted by molar-refractivity contribution is -0.283. The molecule has 11 heteroatoms. The lowest BCUT2D eigenvalue weighted by atomic mass is 9.91. The molecule has 0 amide bonds. The van der Waals surface area contributed by atoms with Gasteiger partial charge in [-0.15, -0.1) is 0 Å². The van der Waals surface area contributed by atoms with Gasteiger partial charge in [0.2, 0.25) is 0 Å². The molecule has 0 aliphatic carbocycles. The summed E-state index contributed by atoms with van der Waals surface area (Å²) in [6.07, 6.45) is 6.84. The van der Waals surface area contributed by atoms with Gasteiger partial charge in [-0.05, 0) is 95.6 Å². The van der Waals surface area contributed by atoms with Gasteiger partial charge in [0.15, 0.2) is 30.3 Å². The van der Waals surface area contributed by atoms with Crippen molar-refractivity contribution in [2.24, 2.45) is 21.7 Å². The summed E-state index contributed by atoms with van der Waals surface area (Å²) in [4.78, 5) is 68.6. The molecule has 2 heterocycles. The third kappa shape index (κ3) is 13.8. The normalized spacial score (nSPS) is 24.3. The zero-order chi connectivity index (χ0) is 39.7. The van der Waals surface area contributed by atoms with Crippen molar-refractivity contribution < 1.29 is 47.7 Å². The van der Waals surface area contributed by atoms with Crippen molar-refractivity contribution in [3.8, 4) is 0 Å². The Hall–Kier alpha value is -2.95. The molecule has 0 aromatic heterocycles. The van der Waals surface area contributed by atoms with Crippen LogP contribution in [0.5, 0.6) is 0 Å². The number of carbonyl (C=O) groups is 5. The zero-order valence-electron chi connectivity index (χ0n) is 34.4. The zero-order valence-corrected chi connectivity index (χ0v) is 34.4. The van der Waals surface area contributed by atoms with Crippen molar-refractivity contribution in [3.05, 3.63) is 12.3 Å². The van der Waals surface area contributed by atoms with Crippen molar-refractivity contribution in [2.45, 2.75) is 191 Å². The molecule has 2 aliphatic heterocycles. The first-order valence-corrected chi connectivity index (χ1v) is 19.3. The standard InChI is InChI=1S/C41H69NO10/c1-14-15-16-17-18-19-20-21-22-27-25-28(43)23-24-42(27)33-32(52-37(47)41(11,12)13)31(51-36(46)40(8,9)10)30(50-35(45)39(5,6)7)29(49-33)26-48-34(44)38(2,3)4/h23-24,27,29-33H,14-22,25-26H2,1-13H3/t27-,29+,30-,31-,32+,33+/m0/s1. The largest absolute Gasteiger partial charge is 0.462 e. The number of carbonyl (C=O) groups excluding carboxylic acids is 5. The minimum atomic E-state index is -1.35. The van der Waals surface area contributed by atoms with Crippen LogP contribution in [0.4, 0.5) is 0 Å². The van der Waals surface area contributed by atoms with E-state index in [0.717, 1.165) is 25.7 Å². The number of hydrogen-bond donors (Lipinski definition) is 0. The molecule has 0 bridgehead atoms. The highest BCUT2D eigenvalue weighted by atomic mass is 16.7. The predicted molar refractivity (Wildman–Crippen MR) is 199 cm³/mol. The van der Waals surface area contributed by atoms with Gasteiger partial charge < -0.3 is 28.6 Å². The minimum absolute atomic E-state index is 0.0387.